The standard InChI is InChI=1S/C34H24BCl3N2O2/c1-21(41)29(32(34(36,37)38)40-35(26-11-4-2-5-12-26)27-13-6-3-7-14-27)33(42)39-28-19-24-17-15-22-9-8-10-23-16-18-25(20-28)31(24)30(22)23/h2-20,41H,1H3,(H,39,42). The minimum atomic E-state index is -2.12. The summed E-state index contributed by atoms with van der Waals surface area (Å²) in [7, 11) is 0. The number of alkyl halides is 3. The highest BCUT2D eigenvalue weighted by Crippen LogP contribution is 2.37. The second-order valence-corrected chi connectivity index (χ2v) is 12.4. The average molecular weight is 610 g/mol. The number of hydrogen-bond donors (Lipinski definition) is 2. The third-order valence-electron chi connectivity index (χ3n) is 7.30. The van der Waals surface area contributed by atoms with E-state index in [2.05, 4.69) is 29.6 Å². The lowest BCUT2D eigenvalue weighted by atomic mass is 9.51. The largest absolute Gasteiger partial charge is 0.512 e. The number of aliphatic hydroxyl groups is 1. The highest BCUT2D eigenvalue weighted by Gasteiger charge is 2.37. The number of allylic oxidation sites excluding steroid dienone is 1. The Morgan fingerprint density at radius 2 is 1.19 bits per heavy atom. The Bertz CT molecular complexity index is 1880. The molecule has 4 nitrogen and oxygen atoms in total. The second kappa shape index (κ2) is 11.3. The summed E-state index contributed by atoms with van der Waals surface area (Å²) in [5.74, 6) is -0.970. The van der Waals surface area contributed by atoms with E-state index in [1.807, 2.05) is 91.0 Å². The van der Waals surface area contributed by atoms with Crippen LogP contribution >= 0.6 is 34.8 Å². The fourth-order valence-corrected chi connectivity index (χ4v) is 5.91. The Kier molecular flexibility index (Phi) is 7.59. The second-order valence-electron chi connectivity index (χ2n) is 10.1. The highest BCUT2D eigenvalue weighted by molar-refractivity contribution is 6.87. The molecule has 6 rings (SSSR count). The molecule has 0 aliphatic carbocycles. The molecule has 0 atom stereocenters. The van der Waals surface area contributed by atoms with E-state index >= 15 is 0 Å². The number of rotatable bonds is 6. The van der Waals surface area contributed by atoms with Crippen molar-refractivity contribution in [3.8, 4) is 0 Å². The fraction of sp³-hybridized carbons (Fsp3) is 0.0588. The number of anilines is 1. The molecule has 0 saturated carbocycles. The summed E-state index contributed by atoms with van der Waals surface area (Å²) in [5, 5.41) is 20.3. The summed E-state index contributed by atoms with van der Waals surface area (Å²) < 4.78 is -2.12. The molecule has 0 heterocycles. The molecule has 1 amide bonds. The summed E-state index contributed by atoms with van der Waals surface area (Å²) in [5.41, 5.74) is 1.82. The monoisotopic (exact) mass is 608 g/mol. The van der Waals surface area contributed by atoms with Gasteiger partial charge in [-0.05, 0) is 62.3 Å². The van der Waals surface area contributed by atoms with Crippen LogP contribution in [0.15, 0.2) is 131 Å². The van der Waals surface area contributed by atoms with Crippen LogP contribution in [0.4, 0.5) is 5.69 Å². The molecular formula is C34H24BCl3N2O2. The number of hydrogen-bond acceptors (Lipinski definition) is 3. The topological polar surface area (TPSA) is 61.7 Å². The Morgan fingerprint density at radius 3 is 1.67 bits per heavy atom. The molecule has 6 aromatic carbocycles. The van der Waals surface area contributed by atoms with Gasteiger partial charge < -0.3 is 15.3 Å². The van der Waals surface area contributed by atoms with Crippen molar-refractivity contribution in [1.82, 2.24) is 0 Å². The summed E-state index contributed by atoms with van der Waals surface area (Å²) in [6.07, 6.45) is 0. The number of carbonyl (C=O) groups is 1. The van der Waals surface area contributed by atoms with E-state index in [-0.39, 0.29) is 17.0 Å². The Balaban J connectivity index is 1.43. The van der Waals surface area contributed by atoms with E-state index in [4.69, 9.17) is 39.7 Å². The van der Waals surface area contributed by atoms with Gasteiger partial charge in [-0.3, -0.25) is 4.79 Å². The molecule has 0 aliphatic rings. The minimum Gasteiger partial charge on any atom is -0.512 e. The summed E-state index contributed by atoms with van der Waals surface area (Å²) in [6.45, 7) is 0.777. The Labute approximate surface area is 258 Å². The first-order chi connectivity index (χ1) is 20.2. The number of amides is 1. The van der Waals surface area contributed by atoms with Gasteiger partial charge in [0.2, 0.25) is 3.79 Å². The van der Waals surface area contributed by atoms with Crippen LogP contribution in [-0.2, 0) is 4.79 Å². The zero-order valence-corrected chi connectivity index (χ0v) is 24.8. The zero-order valence-electron chi connectivity index (χ0n) is 22.5. The molecule has 8 heteroatoms. The predicted molar refractivity (Wildman–Crippen MR) is 180 cm³/mol. The quantitative estimate of drug-likeness (QED) is 0.0503. The molecule has 0 fully saturated rings. The molecule has 6 aromatic rings. The summed E-state index contributed by atoms with van der Waals surface area (Å²) in [6, 6.07) is 37.3. The van der Waals surface area contributed by atoms with Gasteiger partial charge >= 0.3 is 6.85 Å². The molecule has 42 heavy (non-hydrogen) atoms. The molecular weight excluding hydrogens is 586 g/mol. The molecule has 0 radical (unpaired) electrons. The van der Waals surface area contributed by atoms with Crippen molar-refractivity contribution in [1.29, 1.82) is 0 Å². The number of nitrogens with one attached hydrogen (secondary N) is 1. The number of halogens is 3. The first-order valence-electron chi connectivity index (χ1n) is 13.3. The summed E-state index contributed by atoms with van der Waals surface area (Å²) >= 11 is 19.4. The van der Waals surface area contributed by atoms with Crippen LogP contribution in [0.1, 0.15) is 6.92 Å². The van der Waals surface area contributed by atoms with E-state index in [1.165, 1.54) is 12.3 Å². The minimum absolute atomic E-state index is 0.166. The van der Waals surface area contributed by atoms with Crippen molar-refractivity contribution in [3.63, 3.8) is 0 Å². The fourth-order valence-electron chi connectivity index (χ4n) is 5.48. The predicted octanol–water partition coefficient (Wildman–Crippen LogP) is 7.97. The van der Waals surface area contributed by atoms with Crippen LogP contribution in [0.5, 0.6) is 0 Å². The van der Waals surface area contributed by atoms with Gasteiger partial charge in [0.1, 0.15) is 11.3 Å². The zero-order chi connectivity index (χ0) is 29.4. The third-order valence-corrected chi connectivity index (χ3v) is 7.84. The number of nitrogens with zero attached hydrogens (tertiary/aromatic N) is 1. The van der Waals surface area contributed by atoms with E-state index in [0.29, 0.717) is 5.69 Å². The molecule has 0 aliphatic heterocycles. The number of carbonyl (C=O) groups excluding carboxylic acids is 1. The van der Waals surface area contributed by atoms with Crippen molar-refractivity contribution in [2.45, 2.75) is 10.7 Å². The number of benzene rings is 6. The van der Waals surface area contributed by atoms with E-state index in [9.17, 15) is 9.90 Å². The van der Waals surface area contributed by atoms with Crippen LogP contribution < -0.4 is 16.2 Å². The van der Waals surface area contributed by atoms with Gasteiger partial charge in [-0.2, -0.15) is 0 Å². The summed E-state index contributed by atoms with van der Waals surface area (Å²) in [4.78, 5) is 18.7. The maximum absolute atomic E-state index is 13.9. The normalized spacial score (nSPS) is 13.0. The average Bonchev–Trinajstić information content (AvgIpc) is 2.98. The Morgan fingerprint density at radius 1 is 0.714 bits per heavy atom. The van der Waals surface area contributed by atoms with Crippen LogP contribution in [0.3, 0.4) is 0 Å². The van der Waals surface area contributed by atoms with Gasteiger partial charge in [-0.25, -0.2) is 0 Å². The van der Waals surface area contributed by atoms with Gasteiger partial charge in [0, 0.05) is 5.69 Å². The molecule has 0 saturated heterocycles. The SMILES string of the molecule is CC(O)=C(C(=O)Nc1cc2ccc3cccc4ccc(c1)c2c34)C(=NB(c1ccccc1)c1ccccc1)C(Cl)(Cl)Cl. The van der Waals surface area contributed by atoms with Gasteiger partial charge in [0.25, 0.3) is 5.91 Å². The maximum Gasteiger partial charge on any atom is 0.344 e. The van der Waals surface area contributed by atoms with Gasteiger partial charge in [-0.1, -0.05) is 138 Å². The lowest BCUT2D eigenvalue weighted by Gasteiger charge is -2.21. The first kappa shape index (κ1) is 28.1. The van der Waals surface area contributed by atoms with Crippen LogP contribution in [0, 0.1) is 0 Å². The van der Waals surface area contributed by atoms with E-state index in [0.717, 1.165) is 37.9 Å². The lowest BCUT2D eigenvalue weighted by molar-refractivity contribution is -0.112. The van der Waals surface area contributed by atoms with Crippen molar-refractivity contribution in [2.75, 3.05) is 5.32 Å². The lowest BCUT2D eigenvalue weighted by Crippen LogP contribution is -2.43. The Hall–Kier alpha value is -4.03. The van der Waals surface area contributed by atoms with E-state index in [1.54, 1.807) is 0 Å². The number of aliphatic hydroxyl groups excluding tert-OH is 1. The molecule has 0 spiro atoms. The van der Waals surface area contributed by atoms with Crippen LogP contribution in [-0.4, -0.2) is 27.4 Å². The van der Waals surface area contributed by atoms with Crippen molar-refractivity contribution in [3.05, 3.63) is 127 Å². The first-order valence-corrected chi connectivity index (χ1v) is 14.5. The molecule has 0 unspecified atom stereocenters. The van der Waals surface area contributed by atoms with Crippen molar-refractivity contribution in [2.24, 2.45) is 4.90 Å². The smallest absolute Gasteiger partial charge is 0.344 e. The van der Waals surface area contributed by atoms with Crippen molar-refractivity contribution < 1.29 is 9.90 Å². The highest BCUT2D eigenvalue weighted by atomic mass is 35.6. The van der Waals surface area contributed by atoms with Gasteiger partial charge in [-0.15, -0.1) is 0 Å². The molecule has 0 bridgehead atoms. The molecule has 0 aromatic heterocycles. The van der Waals surface area contributed by atoms with Gasteiger partial charge in [0.05, 0.1) is 5.71 Å². The van der Waals surface area contributed by atoms with Gasteiger partial charge in [0.15, 0.2) is 0 Å². The van der Waals surface area contributed by atoms with Crippen LogP contribution in [0.2, 0.25) is 0 Å². The van der Waals surface area contributed by atoms with E-state index < -0.39 is 16.5 Å². The maximum atomic E-state index is 13.9. The third kappa shape index (κ3) is 5.44. The molecule has 2 N–H and O–H groups in total. The van der Waals surface area contributed by atoms with Crippen molar-refractivity contribution >= 4 is 102 Å². The molecule has 206 valence electrons. The van der Waals surface area contributed by atoms with Crippen LogP contribution in [0.25, 0.3) is 32.3 Å².